The van der Waals surface area contributed by atoms with Crippen molar-refractivity contribution in [2.75, 3.05) is 22.6 Å². The molecular formula is C24H22ClF2N3O. The number of nitrogens with zero attached hydrogens (tertiary/aromatic N) is 1. The minimum atomic E-state index is -0.858. The molecule has 1 aromatic heterocycles. The van der Waals surface area contributed by atoms with E-state index in [9.17, 15) is 13.6 Å². The monoisotopic (exact) mass is 441 g/mol. The predicted molar refractivity (Wildman–Crippen MR) is 121 cm³/mol. The highest BCUT2D eigenvalue weighted by atomic mass is 35.5. The Morgan fingerprint density at radius 2 is 1.97 bits per heavy atom. The number of rotatable bonds is 5. The molecule has 0 saturated carbocycles. The van der Waals surface area contributed by atoms with Crippen LogP contribution in [0.15, 0.2) is 42.5 Å². The molecule has 0 saturated heterocycles. The van der Waals surface area contributed by atoms with E-state index in [0.29, 0.717) is 24.3 Å². The highest BCUT2D eigenvalue weighted by Gasteiger charge is 2.25. The van der Waals surface area contributed by atoms with Crippen molar-refractivity contribution in [3.05, 3.63) is 82.2 Å². The second kappa shape index (κ2) is 8.55. The van der Waals surface area contributed by atoms with Gasteiger partial charge in [-0.1, -0.05) is 6.07 Å². The maximum atomic E-state index is 13.7. The summed E-state index contributed by atoms with van der Waals surface area (Å²) >= 11 is 5.62. The van der Waals surface area contributed by atoms with Crippen LogP contribution in [0.4, 0.5) is 20.2 Å². The molecule has 2 aromatic carbocycles. The Balaban J connectivity index is 1.72. The van der Waals surface area contributed by atoms with Gasteiger partial charge in [-0.2, -0.15) is 0 Å². The second-order valence-corrected chi connectivity index (χ2v) is 8.00. The van der Waals surface area contributed by atoms with Crippen LogP contribution in [0, 0.1) is 25.5 Å². The summed E-state index contributed by atoms with van der Waals surface area (Å²) in [7, 11) is 0. The number of halogens is 3. The molecule has 2 heterocycles. The van der Waals surface area contributed by atoms with E-state index in [4.69, 9.17) is 11.6 Å². The fourth-order valence-corrected chi connectivity index (χ4v) is 3.98. The second-order valence-electron chi connectivity index (χ2n) is 7.74. The minimum absolute atomic E-state index is 0.122. The smallest absolute Gasteiger partial charge is 0.239 e. The number of aromatic nitrogens is 1. The number of fused-ring (bicyclic) bond motifs is 1. The van der Waals surface area contributed by atoms with Gasteiger partial charge >= 0.3 is 0 Å². The number of carbonyl (C=O) groups excluding carboxylic acids is 1. The van der Waals surface area contributed by atoms with Crippen LogP contribution in [0.1, 0.15) is 28.1 Å². The standard InChI is InChI=1S/C24H22ClF2N3O/c1-14-7-15(2)28-22(14)9-17-13-30(12-16-3-5-20(26)21(27)8-16)23-6-4-18(10-19(17)23)29-24(31)11-25/h3-10,28H,11-13H2,1-2H3,(H,29,31)/b17-9+. The summed E-state index contributed by atoms with van der Waals surface area (Å²) in [4.78, 5) is 17.2. The third-order valence-electron chi connectivity index (χ3n) is 5.32. The Morgan fingerprint density at radius 3 is 2.65 bits per heavy atom. The van der Waals surface area contributed by atoms with Crippen molar-refractivity contribution >= 4 is 40.5 Å². The number of amides is 1. The van der Waals surface area contributed by atoms with E-state index in [1.54, 1.807) is 6.07 Å². The lowest BCUT2D eigenvalue weighted by Crippen LogP contribution is -2.19. The Bertz CT molecular complexity index is 1190. The first-order chi connectivity index (χ1) is 14.8. The molecule has 31 heavy (non-hydrogen) atoms. The maximum Gasteiger partial charge on any atom is 0.239 e. The van der Waals surface area contributed by atoms with Crippen molar-refractivity contribution in [3.63, 3.8) is 0 Å². The van der Waals surface area contributed by atoms with Crippen molar-refractivity contribution in [2.45, 2.75) is 20.4 Å². The Labute approximate surface area is 184 Å². The number of benzene rings is 2. The third-order valence-corrected chi connectivity index (χ3v) is 5.56. The molecule has 0 fully saturated rings. The largest absolute Gasteiger partial charge is 0.362 e. The van der Waals surface area contributed by atoms with E-state index in [0.717, 1.165) is 39.8 Å². The van der Waals surface area contributed by atoms with Crippen molar-refractivity contribution < 1.29 is 13.6 Å². The molecular weight excluding hydrogens is 420 g/mol. The molecule has 160 valence electrons. The predicted octanol–water partition coefficient (Wildman–Crippen LogP) is 5.65. The molecule has 2 N–H and O–H groups in total. The van der Waals surface area contributed by atoms with Gasteiger partial charge in [-0.3, -0.25) is 4.79 Å². The molecule has 0 aliphatic carbocycles. The number of aryl methyl sites for hydroxylation is 2. The SMILES string of the molecule is Cc1cc(C)c(/C=C2\CN(Cc3ccc(F)c(F)c3)c3ccc(NC(=O)CCl)cc32)[nH]1. The van der Waals surface area contributed by atoms with Gasteiger partial charge in [0.15, 0.2) is 11.6 Å². The van der Waals surface area contributed by atoms with Crippen molar-refractivity contribution in [1.82, 2.24) is 4.98 Å². The molecule has 0 spiro atoms. The van der Waals surface area contributed by atoms with Crippen LogP contribution < -0.4 is 10.2 Å². The Morgan fingerprint density at radius 1 is 1.16 bits per heavy atom. The molecule has 0 unspecified atom stereocenters. The molecule has 1 aliphatic heterocycles. The molecule has 0 radical (unpaired) electrons. The van der Waals surface area contributed by atoms with Crippen LogP contribution >= 0.6 is 11.6 Å². The molecule has 7 heteroatoms. The summed E-state index contributed by atoms with van der Waals surface area (Å²) < 4.78 is 27.0. The number of hydrogen-bond donors (Lipinski definition) is 2. The van der Waals surface area contributed by atoms with Gasteiger partial charge in [0.2, 0.25) is 5.91 Å². The van der Waals surface area contributed by atoms with E-state index in [1.807, 2.05) is 32.0 Å². The van der Waals surface area contributed by atoms with Gasteiger partial charge in [-0.15, -0.1) is 11.6 Å². The highest BCUT2D eigenvalue weighted by molar-refractivity contribution is 6.29. The van der Waals surface area contributed by atoms with Gasteiger partial charge in [-0.25, -0.2) is 8.78 Å². The van der Waals surface area contributed by atoms with Gasteiger partial charge in [0.05, 0.1) is 0 Å². The van der Waals surface area contributed by atoms with Crippen LogP contribution in [0.5, 0.6) is 0 Å². The van der Waals surface area contributed by atoms with Crippen LogP contribution in [0.3, 0.4) is 0 Å². The normalized spacial score (nSPS) is 14.2. The van der Waals surface area contributed by atoms with E-state index >= 15 is 0 Å². The molecule has 0 atom stereocenters. The third kappa shape index (κ3) is 4.49. The highest BCUT2D eigenvalue weighted by Crippen LogP contribution is 2.39. The first kappa shape index (κ1) is 21.1. The average Bonchev–Trinajstić information content (AvgIpc) is 3.23. The van der Waals surface area contributed by atoms with E-state index in [-0.39, 0.29) is 11.8 Å². The fraction of sp³-hybridized carbons (Fsp3) is 0.208. The Kier molecular flexibility index (Phi) is 5.83. The first-order valence-corrected chi connectivity index (χ1v) is 10.4. The molecule has 3 aromatic rings. The first-order valence-electron chi connectivity index (χ1n) is 9.90. The van der Waals surface area contributed by atoms with Crippen molar-refractivity contribution in [2.24, 2.45) is 0 Å². The lowest BCUT2D eigenvalue weighted by molar-refractivity contribution is -0.113. The zero-order valence-corrected chi connectivity index (χ0v) is 18.0. The zero-order chi connectivity index (χ0) is 22.1. The summed E-state index contributed by atoms with van der Waals surface area (Å²) in [6, 6.07) is 11.7. The zero-order valence-electron chi connectivity index (χ0n) is 17.2. The van der Waals surface area contributed by atoms with Crippen LogP contribution in [0.2, 0.25) is 0 Å². The van der Waals surface area contributed by atoms with Crippen LogP contribution in [-0.2, 0) is 11.3 Å². The quantitative estimate of drug-likeness (QED) is 0.503. The molecule has 4 nitrogen and oxygen atoms in total. The molecule has 0 bridgehead atoms. The summed E-state index contributed by atoms with van der Waals surface area (Å²) in [5.74, 6) is -2.12. The lowest BCUT2D eigenvalue weighted by Gasteiger charge is -2.19. The summed E-state index contributed by atoms with van der Waals surface area (Å²) in [6.45, 7) is 5.07. The minimum Gasteiger partial charge on any atom is -0.362 e. The van der Waals surface area contributed by atoms with Crippen molar-refractivity contribution in [3.8, 4) is 0 Å². The number of carbonyl (C=O) groups is 1. The fourth-order valence-electron chi connectivity index (χ4n) is 3.91. The number of hydrogen-bond acceptors (Lipinski definition) is 2. The number of nitrogens with one attached hydrogen (secondary N) is 2. The van der Waals surface area contributed by atoms with Gasteiger partial charge in [-0.05, 0) is 73.0 Å². The molecule has 1 amide bonds. The lowest BCUT2D eigenvalue weighted by atomic mass is 10.0. The average molecular weight is 442 g/mol. The summed E-state index contributed by atoms with van der Waals surface area (Å²) in [6.07, 6.45) is 2.10. The number of H-pyrrole nitrogens is 1. The van der Waals surface area contributed by atoms with Crippen molar-refractivity contribution in [1.29, 1.82) is 0 Å². The molecule has 1 aliphatic rings. The van der Waals surface area contributed by atoms with Gasteiger partial charge in [0, 0.05) is 41.4 Å². The van der Waals surface area contributed by atoms with Gasteiger partial charge in [0.25, 0.3) is 0 Å². The number of anilines is 2. The maximum absolute atomic E-state index is 13.7. The van der Waals surface area contributed by atoms with E-state index in [2.05, 4.69) is 27.3 Å². The summed E-state index contributed by atoms with van der Waals surface area (Å²) in [5, 5.41) is 2.78. The van der Waals surface area contributed by atoms with Gasteiger partial charge in [0.1, 0.15) is 5.88 Å². The van der Waals surface area contributed by atoms with Gasteiger partial charge < -0.3 is 15.2 Å². The van der Waals surface area contributed by atoms with Crippen LogP contribution in [0.25, 0.3) is 11.6 Å². The van der Waals surface area contributed by atoms with E-state index < -0.39 is 11.6 Å². The summed E-state index contributed by atoms with van der Waals surface area (Å²) in [5.41, 5.74) is 7.55. The number of alkyl halides is 1. The van der Waals surface area contributed by atoms with Crippen LogP contribution in [-0.4, -0.2) is 23.3 Å². The molecule has 4 rings (SSSR count). The Hall–Kier alpha value is -3.12. The topological polar surface area (TPSA) is 48.1 Å². The number of aromatic amines is 1. The van der Waals surface area contributed by atoms with E-state index in [1.165, 1.54) is 6.07 Å².